The largest absolute Gasteiger partial charge is 0.490 e. The molecule has 0 aliphatic carbocycles. The first-order valence-corrected chi connectivity index (χ1v) is 6.26. The van der Waals surface area contributed by atoms with E-state index in [4.69, 9.17) is 14.6 Å². The van der Waals surface area contributed by atoms with E-state index in [1.54, 1.807) is 12.1 Å². The van der Waals surface area contributed by atoms with Crippen molar-refractivity contribution in [3.05, 3.63) is 30.3 Å². The number of benzene rings is 1. The summed E-state index contributed by atoms with van der Waals surface area (Å²) >= 11 is 0. The summed E-state index contributed by atoms with van der Waals surface area (Å²) in [6.07, 6.45) is 2.11. The topological polar surface area (TPSA) is 55.8 Å². The van der Waals surface area contributed by atoms with Gasteiger partial charge in [0.15, 0.2) is 6.10 Å². The van der Waals surface area contributed by atoms with Crippen LogP contribution >= 0.6 is 0 Å². The smallest absolute Gasteiger partial charge is 0.336 e. The summed E-state index contributed by atoms with van der Waals surface area (Å²) in [5.74, 6) is -0.330. The summed E-state index contributed by atoms with van der Waals surface area (Å²) in [4.78, 5) is 11.0. The molecule has 100 valence electrons. The molecule has 0 saturated carbocycles. The highest BCUT2D eigenvalue weighted by molar-refractivity contribution is 5.72. The number of hydrogen-bond donors (Lipinski definition) is 1. The summed E-state index contributed by atoms with van der Waals surface area (Å²) < 4.78 is 10.7. The van der Waals surface area contributed by atoms with Gasteiger partial charge in [-0.2, -0.15) is 0 Å². The lowest BCUT2D eigenvalue weighted by atomic mass is 10.3. The van der Waals surface area contributed by atoms with Gasteiger partial charge in [-0.1, -0.05) is 38.0 Å². The molecule has 1 aromatic rings. The fraction of sp³-hybridized carbons (Fsp3) is 0.500. The maximum absolute atomic E-state index is 11.0. The predicted molar refractivity (Wildman–Crippen MR) is 68.8 cm³/mol. The first kappa shape index (κ1) is 14.5. The van der Waals surface area contributed by atoms with Gasteiger partial charge < -0.3 is 14.6 Å². The Bertz CT molecular complexity index is 337. The van der Waals surface area contributed by atoms with Crippen LogP contribution in [0.15, 0.2) is 30.3 Å². The molecular formula is C14H20O4. The molecule has 18 heavy (non-hydrogen) atoms. The Morgan fingerprint density at radius 1 is 1.28 bits per heavy atom. The lowest BCUT2D eigenvalue weighted by molar-refractivity contribution is -0.152. The van der Waals surface area contributed by atoms with Crippen LogP contribution in [0.5, 0.6) is 5.75 Å². The minimum Gasteiger partial charge on any atom is -0.490 e. The molecule has 0 saturated heterocycles. The van der Waals surface area contributed by atoms with Crippen molar-refractivity contribution in [3.8, 4) is 5.75 Å². The first-order valence-electron chi connectivity index (χ1n) is 6.26. The third-order valence-corrected chi connectivity index (χ3v) is 2.49. The fourth-order valence-corrected chi connectivity index (χ4v) is 1.46. The van der Waals surface area contributed by atoms with Crippen molar-refractivity contribution in [1.82, 2.24) is 0 Å². The molecule has 0 spiro atoms. The van der Waals surface area contributed by atoms with E-state index in [1.807, 2.05) is 18.2 Å². The second-order valence-electron chi connectivity index (χ2n) is 4.03. The van der Waals surface area contributed by atoms with E-state index >= 15 is 0 Å². The number of aliphatic carboxylic acids is 1. The van der Waals surface area contributed by atoms with Crippen LogP contribution in [-0.2, 0) is 9.53 Å². The van der Waals surface area contributed by atoms with Crippen LogP contribution in [0.2, 0.25) is 0 Å². The van der Waals surface area contributed by atoms with Gasteiger partial charge in [-0.3, -0.25) is 0 Å². The molecule has 4 heteroatoms. The third kappa shape index (κ3) is 5.68. The minimum absolute atomic E-state index is 0.0332. The van der Waals surface area contributed by atoms with Gasteiger partial charge in [0.25, 0.3) is 0 Å². The minimum atomic E-state index is -0.984. The Morgan fingerprint density at radius 3 is 2.61 bits per heavy atom. The monoisotopic (exact) mass is 252 g/mol. The van der Waals surface area contributed by atoms with Crippen molar-refractivity contribution in [2.75, 3.05) is 13.2 Å². The summed E-state index contributed by atoms with van der Waals surface area (Å²) in [6, 6.07) is 9.13. The van der Waals surface area contributed by atoms with Gasteiger partial charge in [0.2, 0.25) is 0 Å². The zero-order chi connectivity index (χ0) is 13.2. The number of carboxylic acids is 1. The Labute approximate surface area is 108 Å². The molecular weight excluding hydrogens is 232 g/mol. The molecule has 0 aliphatic rings. The summed E-state index contributed by atoms with van der Waals surface area (Å²) in [5.41, 5.74) is 0. The Balaban J connectivity index is 2.32. The van der Waals surface area contributed by atoms with Crippen molar-refractivity contribution in [3.63, 3.8) is 0 Å². The zero-order valence-electron chi connectivity index (χ0n) is 10.7. The van der Waals surface area contributed by atoms with Gasteiger partial charge in [-0.05, 0) is 18.6 Å². The van der Waals surface area contributed by atoms with Crippen molar-refractivity contribution in [2.45, 2.75) is 32.3 Å². The van der Waals surface area contributed by atoms with Crippen LogP contribution in [0, 0.1) is 0 Å². The number of carboxylic acid groups (broad SMARTS) is 1. The molecule has 0 aliphatic heterocycles. The molecule has 4 nitrogen and oxygen atoms in total. The summed E-state index contributed by atoms with van der Waals surface area (Å²) in [5, 5.41) is 9.00. The molecule has 1 rings (SSSR count). The molecule has 1 N–H and O–H groups in total. The van der Waals surface area contributed by atoms with Crippen LogP contribution in [0.25, 0.3) is 0 Å². The Morgan fingerprint density at radius 2 is 2.00 bits per heavy atom. The van der Waals surface area contributed by atoms with Crippen LogP contribution in [0.1, 0.15) is 26.2 Å². The molecule has 0 aromatic heterocycles. The molecule has 1 unspecified atom stereocenters. The van der Waals surface area contributed by atoms with Crippen molar-refractivity contribution in [1.29, 1.82) is 0 Å². The second-order valence-corrected chi connectivity index (χ2v) is 4.03. The molecule has 0 fully saturated rings. The van der Waals surface area contributed by atoms with Gasteiger partial charge in [-0.25, -0.2) is 4.79 Å². The van der Waals surface area contributed by atoms with Crippen LogP contribution in [-0.4, -0.2) is 30.4 Å². The molecule has 0 amide bonds. The van der Waals surface area contributed by atoms with E-state index in [0.29, 0.717) is 12.4 Å². The van der Waals surface area contributed by atoms with E-state index in [0.717, 1.165) is 19.3 Å². The van der Waals surface area contributed by atoms with Crippen molar-refractivity contribution < 1.29 is 19.4 Å². The van der Waals surface area contributed by atoms with Crippen LogP contribution in [0.4, 0.5) is 0 Å². The number of rotatable bonds is 9. The van der Waals surface area contributed by atoms with Gasteiger partial charge in [0.1, 0.15) is 12.4 Å². The number of para-hydroxylation sites is 1. The van der Waals surface area contributed by atoms with E-state index in [1.165, 1.54) is 0 Å². The molecule has 0 heterocycles. The average molecular weight is 252 g/mol. The van der Waals surface area contributed by atoms with Crippen LogP contribution in [0.3, 0.4) is 0 Å². The summed E-state index contributed by atoms with van der Waals surface area (Å²) in [6.45, 7) is 2.58. The first-order chi connectivity index (χ1) is 8.74. The van der Waals surface area contributed by atoms with E-state index in [-0.39, 0.29) is 6.61 Å². The number of ether oxygens (including phenoxy) is 2. The van der Waals surface area contributed by atoms with Gasteiger partial charge in [-0.15, -0.1) is 0 Å². The third-order valence-electron chi connectivity index (χ3n) is 2.49. The van der Waals surface area contributed by atoms with E-state index in [2.05, 4.69) is 6.92 Å². The number of carbonyl (C=O) groups is 1. The number of hydrogen-bond acceptors (Lipinski definition) is 3. The average Bonchev–Trinajstić information content (AvgIpc) is 2.38. The fourth-order valence-electron chi connectivity index (χ4n) is 1.46. The maximum Gasteiger partial charge on any atom is 0.336 e. The SMILES string of the molecule is CCCCCOC(COc1ccccc1)C(=O)O. The zero-order valence-corrected chi connectivity index (χ0v) is 10.7. The van der Waals surface area contributed by atoms with Gasteiger partial charge >= 0.3 is 5.97 Å². The van der Waals surface area contributed by atoms with Crippen molar-refractivity contribution >= 4 is 5.97 Å². The molecule has 0 radical (unpaired) electrons. The number of unbranched alkanes of at least 4 members (excludes halogenated alkanes) is 2. The molecule has 1 atom stereocenters. The molecule has 0 bridgehead atoms. The molecule has 1 aromatic carbocycles. The quantitative estimate of drug-likeness (QED) is 0.686. The van der Waals surface area contributed by atoms with E-state index in [9.17, 15) is 4.79 Å². The normalized spacial score (nSPS) is 12.1. The maximum atomic E-state index is 11.0. The highest BCUT2D eigenvalue weighted by Gasteiger charge is 2.18. The highest BCUT2D eigenvalue weighted by Crippen LogP contribution is 2.09. The standard InChI is InChI=1S/C14H20O4/c1-2-3-7-10-17-13(14(15)16)11-18-12-8-5-4-6-9-12/h4-6,8-9,13H,2-3,7,10-11H2,1H3,(H,15,16). The summed E-state index contributed by atoms with van der Waals surface area (Å²) in [7, 11) is 0. The van der Waals surface area contributed by atoms with Crippen molar-refractivity contribution in [2.24, 2.45) is 0 Å². The lowest BCUT2D eigenvalue weighted by Crippen LogP contribution is -2.31. The van der Waals surface area contributed by atoms with Crippen LogP contribution < -0.4 is 4.74 Å². The van der Waals surface area contributed by atoms with Gasteiger partial charge in [0.05, 0.1) is 0 Å². The second kappa shape index (κ2) is 8.53. The predicted octanol–water partition coefficient (Wildman–Crippen LogP) is 2.73. The lowest BCUT2D eigenvalue weighted by Gasteiger charge is -2.14. The Hall–Kier alpha value is -1.55. The highest BCUT2D eigenvalue weighted by atomic mass is 16.5. The van der Waals surface area contributed by atoms with Gasteiger partial charge in [0, 0.05) is 6.61 Å². The van der Waals surface area contributed by atoms with E-state index < -0.39 is 12.1 Å². The Kier molecular flexibility index (Phi) is 6.87.